The highest BCUT2D eigenvalue weighted by Gasteiger charge is 2.75. The normalized spacial score (nSPS) is 27.3. The number of likely N-dealkylation sites (N-methyl/N-ethyl adjacent to an activating group) is 3. The molecule has 7 amide bonds. The number of halogens is 7. The molecule has 1 saturated carbocycles. The first kappa shape index (κ1) is 54.3. The van der Waals surface area contributed by atoms with Gasteiger partial charge in [-0.1, -0.05) is 31.5 Å². The second kappa shape index (κ2) is 21.4. The molecule has 2 aromatic rings. The van der Waals surface area contributed by atoms with Crippen LogP contribution in [0.3, 0.4) is 0 Å². The van der Waals surface area contributed by atoms with Crippen LogP contribution < -0.4 is 10.6 Å². The van der Waals surface area contributed by atoms with Crippen molar-refractivity contribution >= 4 is 64.3 Å². The van der Waals surface area contributed by atoms with Crippen molar-refractivity contribution in [3.8, 4) is 10.4 Å². The van der Waals surface area contributed by atoms with Crippen LogP contribution in [0, 0.1) is 11.3 Å². The van der Waals surface area contributed by atoms with Crippen LogP contribution in [0.4, 0.5) is 26.3 Å². The van der Waals surface area contributed by atoms with E-state index in [-0.39, 0.29) is 57.5 Å². The lowest BCUT2D eigenvalue weighted by atomic mass is 9.64. The summed E-state index contributed by atoms with van der Waals surface area (Å²) in [5.74, 6) is -10.6. The molecule has 70 heavy (non-hydrogen) atoms. The van der Waals surface area contributed by atoms with Crippen molar-refractivity contribution in [3.05, 3.63) is 40.5 Å². The number of carbonyl (C=O) groups excluding carboxylic acids is 7. The van der Waals surface area contributed by atoms with Gasteiger partial charge in [0.05, 0.1) is 23.0 Å². The largest absolute Gasteiger partial charge is 0.403 e. The van der Waals surface area contributed by atoms with Crippen molar-refractivity contribution in [2.24, 2.45) is 11.3 Å². The summed E-state index contributed by atoms with van der Waals surface area (Å²) in [6.45, 7) is 3.78. The van der Waals surface area contributed by atoms with Crippen LogP contribution in [-0.2, 0) is 40.0 Å². The van der Waals surface area contributed by atoms with E-state index < -0.39 is 133 Å². The molecule has 1 aromatic heterocycles. The number of hydrogen-bond acceptors (Lipinski definition) is 10. The number of thiazole rings is 1. The Morgan fingerprint density at radius 3 is 2.33 bits per heavy atom. The molecule has 4 aliphatic rings. The number of nitrogens with zero attached hydrogens (tertiary/aromatic N) is 6. The van der Waals surface area contributed by atoms with Gasteiger partial charge in [0.25, 0.3) is 5.92 Å². The maximum atomic E-state index is 14.9. The molecule has 16 nitrogen and oxygen atoms in total. The van der Waals surface area contributed by atoms with Crippen molar-refractivity contribution in [2.75, 3.05) is 40.8 Å². The van der Waals surface area contributed by atoms with E-state index >= 15 is 0 Å². The topological polar surface area (TPSA) is 193 Å². The number of likely N-dealkylation sites (tertiary alicyclic amines) is 1. The van der Waals surface area contributed by atoms with Crippen LogP contribution in [0.2, 0.25) is 5.02 Å². The average Bonchev–Trinajstić information content (AvgIpc) is 4.05. The summed E-state index contributed by atoms with van der Waals surface area (Å²) in [6.07, 6.45) is -11.0. The number of fused-ring (bicyclic) bond motifs is 1. The number of nitrogens with one attached hydrogen (secondary N) is 2. The highest BCUT2D eigenvalue weighted by Crippen LogP contribution is 2.61. The Bertz CT molecular complexity index is 2300. The molecule has 4 fully saturated rings. The van der Waals surface area contributed by atoms with Crippen LogP contribution in [0.1, 0.15) is 77.7 Å². The van der Waals surface area contributed by atoms with Gasteiger partial charge in [-0.05, 0) is 61.8 Å². The third-order valence-corrected chi connectivity index (χ3v) is 14.8. The molecule has 3 N–H and O–H groups in total. The van der Waals surface area contributed by atoms with Crippen molar-refractivity contribution in [2.45, 2.75) is 139 Å². The molecule has 1 aliphatic carbocycles. The van der Waals surface area contributed by atoms with E-state index in [0.29, 0.717) is 21.0 Å². The molecule has 24 heteroatoms. The van der Waals surface area contributed by atoms with Gasteiger partial charge < -0.3 is 40.2 Å². The number of alkyl halides is 6. The van der Waals surface area contributed by atoms with Crippen LogP contribution in [0.25, 0.3) is 10.4 Å². The van der Waals surface area contributed by atoms with Crippen LogP contribution in [-0.4, -0.2) is 177 Å². The van der Waals surface area contributed by atoms with Gasteiger partial charge in [-0.3, -0.25) is 38.5 Å². The van der Waals surface area contributed by atoms with Gasteiger partial charge >= 0.3 is 6.18 Å². The van der Waals surface area contributed by atoms with Crippen molar-refractivity contribution in [1.29, 1.82) is 0 Å². The van der Waals surface area contributed by atoms with Crippen molar-refractivity contribution in [1.82, 2.24) is 40.1 Å². The molecule has 3 aliphatic heterocycles. The maximum Gasteiger partial charge on any atom is 0.403 e. The Labute approximate surface area is 410 Å². The molecule has 386 valence electrons. The molecule has 0 unspecified atom stereocenters. The summed E-state index contributed by atoms with van der Waals surface area (Å²) >= 11 is 7.83. The lowest BCUT2D eigenvalue weighted by Gasteiger charge is -2.48. The minimum Gasteiger partial charge on any atom is -0.391 e. The van der Waals surface area contributed by atoms with E-state index in [1.807, 2.05) is 0 Å². The second-order valence-corrected chi connectivity index (χ2v) is 20.8. The van der Waals surface area contributed by atoms with Gasteiger partial charge in [0.1, 0.15) is 42.4 Å². The van der Waals surface area contributed by atoms with E-state index in [2.05, 4.69) is 15.6 Å². The first-order valence-corrected chi connectivity index (χ1v) is 24.4. The minimum atomic E-state index is -5.43. The summed E-state index contributed by atoms with van der Waals surface area (Å²) in [4.78, 5) is 110. The number of hydrogen-bond donors (Lipinski definition) is 3. The molecular formula is C46H59ClF6N8O8S. The molecule has 0 spiro atoms. The maximum absolute atomic E-state index is 14.9. The fourth-order valence-corrected chi connectivity index (χ4v) is 10.9. The Hall–Kier alpha value is -5.03. The Morgan fingerprint density at radius 1 is 1.03 bits per heavy atom. The lowest BCUT2D eigenvalue weighted by Crippen LogP contribution is -2.65. The van der Waals surface area contributed by atoms with Gasteiger partial charge in [0.15, 0.2) is 5.41 Å². The number of aliphatic hydroxyl groups excluding tert-OH is 1. The molecule has 8 atom stereocenters. The van der Waals surface area contributed by atoms with Gasteiger partial charge in [0.2, 0.25) is 41.4 Å². The first-order chi connectivity index (χ1) is 32.7. The Kier molecular flexibility index (Phi) is 16.6. The van der Waals surface area contributed by atoms with Gasteiger partial charge in [-0.15, -0.1) is 11.3 Å². The van der Waals surface area contributed by atoms with Crippen LogP contribution in [0.5, 0.6) is 0 Å². The predicted octanol–water partition coefficient (Wildman–Crippen LogP) is 4.22. The zero-order valence-corrected chi connectivity index (χ0v) is 41.2. The minimum absolute atomic E-state index is 0.0434. The standard InChI is InChI=1S/C46H59ClF6N8O8S/c1-24(2)13-31-40(66)59(6)34(15-26-14-27(47)10-11-30(26)36-18-54-23-70-36)42(68)60-20-29(62)17-35(60)41(67)57(4)12-8-7-9-32(37(63)56-31)58(5)39(65)25(3)55-38(64)33-16-28(48)19-61(33)43(69)44(46(51,52)53)21-45(49,50)22-44/h10-11,14,18,23-25,28-29,31-35,62H,7-9,12-13,15-17,19-22H2,1-6H3,(H,55,64)(H,56,63)/t25-,28+,29-,31-,32-,33-,34-,35+/m0/s1. The summed E-state index contributed by atoms with van der Waals surface area (Å²) in [5.41, 5.74) is -0.640. The molecule has 0 radical (unpaired) electrons. The van der Waals surface area contributed by atoms with E-state index in [9.17, 15) is 65.0 Å². The Morgan fingerprint density at radius 2 is 1.71 bits per heavy atom. The van der Waals surface area contributed by atoms with E-state index in [1.54, 1.807) is 43.8 Å². The number of rotatable bonds is 10. The van der Waals surface area contributed by atoms with Gasteiger partial charge in [-0.2, -0.15) is 13.2 Å². The van der Waals surface area contributed by atoms with E-state index in [0.717, 1.165) is 9.78 Å². The summed E-state index contributed by atoms with van der Waals surface area (Å²) in [5, 5.41) is 16.3. The summed E-state index contributed by atoms with van der Waals surface area (Å²) in [6, 6.07) is -3.33. The number of aliphatic hydroxyl groups is 1. The predicted molar refractivity (Wildman–Crippen MR) is 244 cm³/mol. The smallest absolute Gasteiger partial charge is 0.391 e. The van der Waals surface area contributed by atoms with Crippen molar-refractivity contribution in [3.63, 3.8) is 0 Å². The third-order valence-electron chi connectivity index (χ3n) is 13.8. The SMILES string of the molecule is CC(C)C[C@@H]1NC(=O)[C@@H](N(C)C(=O)[C@H](C)NC(=O)[C@@H]2C[C@@H](F)CN2C(=O)C2(C(F)(F)F)CC(F)(F)C2)CCCCN(C)C(=O)[C@H]2C[C@H](O)CN2C(=O)[C@H](Cc2cc(Cl)ccc2-c2cncs2)N(C)C1=O. The first-order valence-electron chi connectivity index (χ1n) is 23.1. The van der Waals surface area contributed by atoms with Gasteiger partial charge in [-0.25, -0.2) is 13.2 Å². The number of carbonyl (C=O) groups is 7. The highest BCUT2D eigenvalue weighted by molar-refractivity contribution is 7.13. The Balaban J connectivity index is 1.28. The van der Waals surface area contributed by atoms with Gasteiger partial charge in [0, 0.05) is 77.6 Å². The second-order valence-electron chi connectivity index (χ2n) is 19.5. The fourth-order valence-electron chi connectivity index (χ4n) is 9.98. The van der Waals surface area contributed by atoms with E-state index in [1.165, 1.54) is 54.1 Å². The molecule has 1 aromatic carbocycles. The van der Waals surface area contributed by atoms with Crippen LogP contribution >= 0.6 is 22.9 Å². The fraction of sp³-hybridized carbons (Fsp3) is 0.652. The monoisotopic (exact) mass is 1030 g/mol. The average molecular weight is 1030 g/mol. The third kappa shape index (κ3) is 11.5. The molecular weight excluding hydrogens is 974 g/mol. The number of amides is 7. The van der Waals surface area contributed by atoms with Crippen LogP contribution in [0.15, 0.2) is 29.9 Å². The molecule has 6 rings (SSSR count). The quantitative estimate of drug-likeness (QED) is 0.293. The molecule has 4 heterocycles. The molecule has 3 saturated heterocycles. The zero-order chi connectivity index (χ0) is 51.8. The summed E-state index contributed by atoms with van der Waals surface area (Å²) < 4.78 is 84.9. The van der Waals surface area contributed by atoms with E-state index in [4.69, 9.17) is 11.6 Å². The zero-order valence-electron chi connectivity index (χ0n) is 39.6. The number of aromatic nitrogens is 1. The lowest BCUT2D eigenvalue weighted by molar-refractivity contribution is -0.299. The summed E-state index contributed by atoms with van der Waals surface area (Å²) in [7, 11) is 4.17. The highest BCUT2D eigenvalue weighted by atomic mass is 35.5. The number of benzene rings is 1. The van der Waals surface area contributed by atoms with Crippen molar-refractivity contribution < 1.29 is 65.0 Å². The molecule has 0 bridgehead atoms.